The summed E-state index contributed by atoms with van der Waals surface area (Å²) in [7, 11) is 0. The number of rotatable bonds is 5. The lowest BCUT2D eigenvalue weighted by molar-refractivity contribution is 0.176. The number of aryl methyl sites for hydroxylation is 1. The summed E-state index contributed by atoms with van der Waals surface area (Å²) in [5.41, 5.74) is 2.05. The molecule has 0 radical (unpaired) electrons. The zero-order valence-electron chi connectivity index (χ0n) is 13.0. The summed E-state index contributed by atoms with van der Waals surface area (Å²) in [5, 5.41) is 3.57. The van der Waals surface area contributed by atoms with Gasteiger partial charge >= 0.3 is 0 Å². The molecule has 20 heavy (non-hydrogen) atoms. The van der Waals surface area contributed by atoms with Crippen LogP contribution in [0.25, 0.3) is 0 Å². The normalized spacial score (nSPS) is 19.0. The summed E-state index contributed by atoms with van der Waals surface area (Å²) < 4.78 is 13.1. The molecule has 1 heterocycles. The molecule has 1 unspecified atom stereocenters. The van der Waals surface area contributed by atoms with E-state index < -0.39 is 0 Å². The average molecular weight is 278 g/mol. The van der Waals surface area contributed by atoms with Crippen molar-refractivity contribution in [3.8, 4) is 0 Å². The zero-order chi connectivity index (χ0) is 14.5. The SMILES string of the molecule is CCCN1CCC(C(C)Nc2ccc(F)cc2C)CC1. The number of hydrogen-bond acceptors (Lipinski definition) is 2. The minimum absolute atomic E-state index is 0.159. The largest absolute Gasteiger partial charge is 0.382 e. The van der Waals surface area contributed by atoms with Gasteiger partial charge in [0.1, 0.15) is 5.82 Å². The van der Waals surface area contributed by atoms with Gasteiger partial charge in [-0.15, -0.1) is 0 Å². The van der Waals surface area contributed by atoms with Crippen LogP contribution in [0, 0.1) is 18.7 Å². The number of hydrogen-bond donors (Lipinski definition) is 1. The molecule has 1 saturated heterocycles. The van der Waals surface area contributed by atoms with Gasteiger partial charge in [-0.3, -0.25) is 0 Å². The molecule has 1 aromatic rings. The maximum Gasteiger partial charge on any atom is 0.123 e. The first kappa shape index (κ1) is 15.3. The zero-order valence-corrected chi connectivity index (χ0v) is 13.0. The monoisotopic (exact) mass is 278 g/mol. The third kappa shape index (κ3) is 3.95. The highest BCUT2D eigenvalue weighted by molar-refractivity contribution is 5.51. The second kappa shape index (κ2) is 7.07. The highest BCUT2D eigenvalue weighted by atomic mass is 19.1. The second-order valence-electron chi connectivity index (χ2n) is 6.07. The van der Waals surface area contributed by atoms with Gasteiger partial charge in [0.15, 0.2) is 0 Å². The molecule has 3 heteroatoms. The number of nitrogens with one attached hydrogen (secondary N) is 1. The first-order chi connectivity index (χ1) is 9.60. The number of benzene rings is 1. The Hall–Kier alpha value is -1.09. The van der Waals surface area contributed by atoms with Crippen molar-refractivity contribution in [1.82, 2.24) is 4.90 Å². The van der Waals surface area contributed by atoms with Gasteiger partial charge in [0.2, 0.25) is 0 Å². The van der Waals surface area contributed by atoms with Gasteiger partial charge in [0.25, 0.3) is 0 Å². The van der Waals surface area contributed by atoms with Crippen molar-refractivity contribution in [2.45, 2.75) is 46.1 Å². The van der Waals surface area contributed by atoms with E-state index >= 15 is 0 Å². The van der Waals surface area contributed by atoms with Gasteiger partial charge in [-0.05, 0) is 82.4 Å². The van der Waals surface area contributed by atoms with Crippen molar-refractivity contribution >= 4 is 5.69 Å². The Balaban J connectivity index is 1.87. The Morgan fingerprint density at radius 1 is 1.35 bits per heavy atom. The Kier molecular flexibility index (Phi) is 5.41. The van der Waals surface area contributed by atoms with Gasteiger partial charge in [-0.25, -0.2) is 4.39 Å². The molecule has 1 N–H and O–H groups in total. The van der Waals surface area contributed by atoms with Crippen molar-refractivity contribution in [3.05, 3.63) is 29.6 Å². The lowest BCUT2D eigenvalue weighted by Crippen LogP contribution is -2.39. The first-order valence-corrected chi connectivity index (χ1v) is 7.85. The van der Waals surface area contributed by atoms with Gasteiger partial charge in [0.05, 0.1) is 0 Å². The molecule has 0 aromatic heterocycles. The topological polar surface area (TPSA) is 15.3 Å². The van der Waals surface area contributed by atoms with E-state index in [1.54, 1.807) is 6.07 Å². The summed E-state index contributed by atoms with van der Waals surface area (Å²) in [6.07, 6.45) is 3.76. The lowest BCUT2D eigenvalue weighted by atomic mass is 9.90. The first-order valence-electron chi connectivity index (χ1n) is 7.85. The maximum absolute atomic E-state index is 13.1. The molecule has 0 amide bonds. The fraction of sp³-hybridized carbons (Fsp3) is 0.647. The molecule has 0 bridgehead atoms. The molecule has 1 atom stereocenters. The van der Waals surface area contributed by atoms with Crippen molar-refractivity contribution in [2.24, 2.45) is 5.92 Å². The van der Waals surface area contributed by atoms with Crippen molar-refractivity contribution < 1.29 is 4.39 Å². The third-order valence-corrected chi connectivity index (χ3v) is 4.45. The molecule has 0 saturated carbocycles. The lowest BCUT2D eigenvalue weighted by Gasteiger charge is -2.35. The van der Waals surface area contributed by atoms with Crippen LogP contribution in [0.5, 0.6) is 0 Å². The molecule has 2 rings (SSSR count). The van der Waals surface area contributed by atoms with Gasteiger partial charge in [-0.1, -0.05) is 6.92 Å². The Labute approximate surface area is 122 Å². The average Bonchev–Trinajstić information content (AvgIpc) is 2.43. The molecular formula is C17H27FN2. The molecule has 1 aliphatic heterocycles. The number of halogens is 1. The van der Waals surface area contributed by atoms with E-state index in [1.807, 2.05) is 13.0 Å². The summed E-state index contributed by atoms with van der Waals surface area (Å²) in [6, 6.07) is 5.43. The number of nitrogens with zero attached hydrogens (tertiary/aromatic N) is 1. The van der Waals surface area contributed by atoms with Crippen LogP contribution in [0.1, 0.15) is 38.7 Å². The van der Waals surface area contributed by atoms with E-state index in [4.69, 9.17) is 0 Å². The van der Waals surface area contributed by atoms with Gasteiger partial charge < -0.3 is 10.2 Å². The minimum Gasteiger partial charge on any atom is -0.382 e. The van der Waals surface area contributed by atoms with Crippen LogP contribution in [0.4, 0.5) is 10.1 Å². The Bertz CT molecular complexity index is 425. The predicted octanol–water partition coefficient (Wildman–Crippen LogP) is 4.06. The van der Waals surface area contributed by atoms with Gasteiger partial charge in [-0.2, -0.15) is 0 Å². The van der Waals surface area contributed by atoms with Crippen LogP contribution >= 0.6 is 0 Å². The molecule has 1 aromatic carbocycles. The smallest absolute Gasteiger partial charge is 0.123 e. The predicted molar refractivity (Wildman–Crippen MR) is 83.7 cm³/mol. The number of likely N-dealkylation sites (tertiary alicyclic amines) is 1. The summed E-state index contributed by atoms with van der Waals surface area (Å²) in [6.45, 7) is 10.1. The number of piperidine rings is 1. The molecular weight excluding hydrogens is 251 g/mol. The van der Waals surface area contributed by atoms with Crippen molar-refractivity contribution in [3.63, 3.8) is 0 Å². The van der Waals surface area contributed by atoms with Crippen molar-refractivity contribution in [1.29, 1.82) is 0 Å². The molecule has 0 spiro atoms. The fourth-order valence-corrected chi connectivity index (χ4v) is 3.14. The fourth-order valence-electron chi connectivity index (χ4n) is 3.14. The standard InChI is InChI=1S/C17H27FN2/c1-4-9-20-10-7-15(8-11-20)14(3)19-17-6-5-16(18)12-13(17)2/h5-6,12,14-15,19H,4,7-11H2,1-3H3. The Morgan fingerprint density at radius 2 is 2.05 bits per heavy atom. The van der Waals surface area contributed by atoms with Crippen LogP contribution in [0.3, 0.4) is 0 Å². The van der Waals surface area contributed by atoms with E-state index in [0.717, 1.165) is 11.3 Å². The van der Waals surface area contributed by atoms with Crippen LogP contribution < -0.4 is 5.32 Å². The summed E-state index contributed by atoms with van der Waals surface area (Å²) in [4.78, 5) is 2.56. The van der Waals surface area contributed by atoms with E-state index in [2.05, 4.69) is 24.1 Å². The van der Waals surface area contributed by atoms with E-state index in [-0.39, 0.29) is 5.82 Å². The van der Waals surface area contributed by atoms with Gasteiger partial charge in [0, 0.05) is 11.7 Å². The number of anilines is 1. The van der Waals surface area contributed by atoms with E-state index in [9.17, 15) is 4.39 Å². The second-order valence-corrected chi connectivity index (χ2v) is 6.07. The Morgan fingerprint density at radius 3 is 2.65 bits per heavy atom. The van der Waals surface area contributed by atoms with E-state index in [1.165, 1.54) is 45.0 Å². The van der Waals surface area contributed by atoms with Crippen LogP contribution in [0.15, 0.2) is 18.2 Å². The molecule has 1 fully saturated rings. The highest BCUT2D eigenvalue weighted by Crippen LogP contribution is 2.25. The highest BCUT2D eigenvalue weighted by Gasteiger charge is 2.23. The maximum atomic E-state index is 13.1. The molecule has 0 aliphatic carbocycles. The summed E-state index contributed by atoms with van der Waals surface area (Å²) in [5.74, 6) is 0.557. The summed E-state index contributed by atoms with van der Waals surface area (Å²) >= 11 is 0. The van der Waals surface area contributed by atoms with Crippen molar-refractivity contribution in [2.75, 3.05) is 25.0 Å². The molecule has 112 valence electrons. The van der Waals surface area contributed by atoms with Crippen LogP contribution in [0.2, 0.25) is 0 Å². The molecule has 2 nitrogen and oxygen atoms in total. The minimum atomic E-state index is -0.159. The van der Waals surface area contributed by atoms with Crippen LogP contribution in [-0.2, 0) is 0 Å². The van der Waals surface area contributed by atoms with E-state index in [0.29, 0.717) is 12.0 Å². The quantitative estimate of drug-likeness (QED) is 0.874. The third-order valence-electron chi connectivity index (χ3n) is 4.45. The van der Waals surface area contributed by atoms with Crippen LogP contribution in [-0.4, -0.2) is 30.6 Å². The molecule has 1 aliphatic rings.